The van der Waals surface area contributed by atoms with Crippen LogP contribution in [0.5, 0.6) is 5.75 Å². The largest absolute Gasteiger partial charge is 0.497 e. The molecule has 19 heavy (non-hydrogen) atoms. The molecular weight excluding hydrogens is 240 g/mol. The number of aryl methyl sites for hydroxylation is 1. The van der Waals surface area contributed by atoms with Crippen LogP contribution < -0.4 is 10.2 Å². The summed E-state index contributed by atoms with van der Waals surface area (Å²) < 4.78 is 7.08. The molecule has 0 saturated carbocycles. The van der Waals surface area contributed by atoms with E-state index in [-0.39, 0.29) is 11.8 Å². The lowest BCUT2D eigenvalue weighted by Crippen LogP contribution is -2.13. The second-order valence-corrected chi connectivity index (χ2v) is 4.21. The van der Waals surface area contributed by atoms with Crippen molar-refractivity contribution in [2.45, 2.75) is 13.3 Å². The van der Waals surface area contributed by atoms with E-state index in [1.807, 2.05) is 41.8 Å². The molecule has 2 rings (SSSR count). The molecule has 96 valence electrons. The fraction of sp³-hybridized carbons (Fsp3) is 0.200. The molecule has 1 heterocycles. The van der Waals surface area contributed by atoms with Gasteiger partial charge >= 0.3 is 0 Å². The van der Waals surface area contributed by atoms with Gasteiger partial charge in [-0.2, -0.15) is 5.26 Å². The van der Waals surface area contributed by atoms with Crippen LogP contribution in [-0.4, -0.2) is 11.7 Å². The van der Waals surface area contributed by atoms with E-state index < -0.39 is 0 Å². The number of benzene rings is 1. The predicted molar refractivity (Wildman–Crippen MR) is 72.6 cm³/mol. The molecule has 0 saturated heterocycles. The minimum absolute atomic E-state index is 0.0989. The Morgan fingerprint density at radius 3 is 2.84 bits per heavy atom. The first-order valence-electron chi connectivity index (χ1n) is 5.89. The summed E-state index contributed by atoms with van der Waals surface area (Å²) in [4.78, 5) is 11.7. The van der Waals surface area contributed by atoms with Gasteiger partial charge in [0.2, 0.25) is 0 Å². The standard InChI is InChI=1S/C15H14N2O2/c1-11-8-15(18)12(6-7-16)10-17(11)13-4-3-5-14(9-13)19-2/h3-5,8-10H,6H2,1-2H3. The Hall–Kier alpha value is -2.54. The first-order valence-corrected chi connectivity index (χ1v) is 5.89. The fourth-order valence-electron chi connectivity index (χ4n) is 1.93. The summed E-state index contributed by atoms with van der Waals surface area (Å²) in [6.45, 7) is 1.86. The SMILES string of the molecule is COc1cccc(-n2cc(CC#N)c(=O)cc2C)c1. The van der Waals surface area contributed by atoms with Crippen molar-refractivity contribution in [3.63, 3.8) is 0 Å². The molecule has 0 aliphatic carbocycles. The molecule has 1 aromatic carbocycles. The minimum Gasteiger partial charge on any atom is -0.497 e. The van der Waals surface area contributed by atoms with Crippen LogP contribution >= 0.6 is 0 Å². The van der Waals surface area contributed by atoms with Crippen LogP contribution in [0.2, 0.25) is 0 Å². The van der Waals surface area contributed by atoms with Gasteiger partial charge in [0.25, 0.3) is 0 Å². The zero-order chi connectivity index (χ0) is 13.8. The Kier molecular flexibility index (Phi) is 3.67. The molecule has 0 atom stereocenters. The molecule has 0 unspecified atom stereocenters. The Morgan fingerprint density at radius 2 is 2.16 bits per heavy atom. The number of methoxy groups -OCH3 is 1. The first kappa shape index (κ1) is 12.9. The normalized spacial score (nSPS) is 9.95. The van der Waals surface area contributed by atoms with Gasteiger partial charge in [-0.05, 0) is 19.1 Å². The zero-order valence-corrected chi connectivity index (χ0v) is 10.9. The van der Waals surface area contributed by atoms with E-state index in [9.17, 15) is 4.79 Å². The van der Waals surface area contributed by atoms with E-state index in [2.05, 4.69) is 0 Å². The average Bonchev–Trinajstić information content (AvgIpc) is 2.42. The van der Waals surface area contributed by atoms with Crippen molar-refractivity contribution in [3.05, 3.63) is 58.0 Å². The van der Waals surface area contributed by atoms with Gasteiger partial charge in [0.05, 0.1) is 19.6 Å². The number of hydrogen-bond acceptors (Lipinski definition) is 3. The van der Waals surface area contributed by atoms with Gasteiger partial charge in [-0.1, -0.05) is 6.07 Å². The van der Waals surface area contributed by atoms with Crippen LogP contribution in [0.15, 0.2) is 41.3 Å². The van der Waals surface area contributed by atoms with Crippen LogP contribution in [0.25, 0.3) is 5.69 Å². The Labute approximate surface area is 111 Å². The van der Waals surface area contributed by atoms with Crippen LogP contribution in [0, 0.1) is 18.3 Å². The lowest BCUT2D eigenvalue weighted by Gasteiger charge is -2.12. The quantitative estimate of drug-likeness (QED) is 0.844. The number of nitriles is 1. The Bertz CT molecular complexity index is 696. The van der Waals surface area contributed by atoms with E-state index in [4.69, 9.17) is 10.00 Å². The molecular formula is C15H14N2O2. The number of ether oxygens (including phenoxy) is 1. The maximum Gasteiger partial charge on any atom is 0.186 e. The number of rotatable bonds is 3. The first-order chi connectivity index (χ1) is 9.15. The van der Waals surface area contributed by atoms with Gasteiger partial charge in [0.1, 0.15) is 5.75 Å². The Morgan fingerprint density at radius 1 is 1.37 bits per heavy atom. The van der Waals surface area contributed by atoms with Crippen molar-refractivity contribution in [1.29, 1.82) is 5.26 Å². The summed E-state index contributed by atoms with van der Waals surface area (Å²) in [5, 5.41) is 8.74. The molecule has 2 aromatic rings. The van der Waals surface area contributed by atoms with E-state index in [0.29, 0.717) is 5.56 Å². The number of aromatic nitrogens is 1. The highest BCUT2D eigenvalue weighted by Crippen LogP contribution is 2.17. The van der Waals surface area contributed by atoms with Gasteiger partial charge in [0.15, 0.2) is 5.43 Å². The average molecular weight is 254 g/mol. The van der Waals surface area contributed by atoms with Crippen LogP contribution in [0.4, 0.5) is 0 Å². The molecule has 4 heteroatoms. The summed E-state index contributed by atoms with van der Waals surface area (Å²) in [7, 11) is 1.61. The molecule has 0 aliphatic heterocycles. The smallest absolute Gasteiger partial charge is 0.186 e. The van der Waals surface area contributed by atoms with Crippen molar-refractivity contribution in [3.8, 4) is 17.5 Å². The van der Waals surface area contributed by atoms with Crippen LogP contribution in [0.3, 0.4) is 0 Å². The van der Waals surface area contributed by atoms with Gasteiger partial charge in [-0.15, -0.1) is 0 Å². The van der Waals surface area contributed by atoms with E-state index in [1.54, 1.807) is 19.4 Å². The fourth-order valence-corrected chi connectivity index (χ4v) is 1.93. The highest BCUT2D eigenvalue weighted by atomic mass is 16.5. The molecule has 0 bridgehead atoms. The van der Waals surface area contributed by atoms with Crippen LogP contribution in [-0.2, 0) is 6.42 Å². The molecule has 0 aliphatic rings. The highest BCUT2D eigenvalue weighted by Gasteiger charge is 2.06. The number of pyridine rings is 1. The third-order valence-corrected chi connectivity index (χ3v) is 2.92. The maximum absolute atomic E-state index is 11.7. The third-order valence-electron chi connectivity index (χ3n) is 2.92. The van der Waals surface area contributed by atoms with Gasteiger partial charge in [-0.25, -0.2) is 0 Å². The lowest BCUT2D eigenvalue weighted by molar-refractivity contribution is 0.414. The molecule has 0 amide bonds. The second kappa shape index (κ2) is 5.40. The van der Waals surface area contributed by atoms with Crippen LogP contribution in [0.1, 0.15) is 11.3 Å². The molecule has 0 fully saturated rings. The summed E-state index contributed by atoms with van der Waals surface area (Å²) in [6.07, 6.45) is 1.83. The number of nitrogens with zero attached hydrogens (tertiary/aromatic N) is 2. The second-order valence-electron chi connectivity index (χ2n) is 4.21. The van der Waals surface area contributed by atoms with Gasteiger partial charge in [0, 0.05) is 35.3 Å². The van der Waals surface area contributed by atoms with E-state index >= 15 is 0 Å². The molecule has 0 spiro atoms. The Balaban J connectivity index is 2.58. The highest BCUT2D eigenvalue weighted by molar-refractivity contribution is 5.41. The van der Waals surface area contributed by atoms with Crippen molar-refractivity contribution in [2.75, 3.05) is 7.11 Å². The third kappa shape index (κ3) is 2.66. The summed E-state index contributed by atoms with van der Waals surface area (Å²) in [5.41, 5.74) is 2.12. The zero-order valence-electron chi connectivity index (χ0n) is 10.9. The maximum atomic E-state index is 11.7. The molecule has 0 N–H and O–H groups in total. The molecule has 1 aromatic heterocycles. The van der Waals surface area contributed by atoms with E-state index in [0.717, 1.165) is 17.1 Å². The predicted octanol–water partition coefficient (Wildman–Crippen LogP) is 2.22. The van der Waals surface area contributed by atoms with Gasteiger partial charge < -0.3 is 9.30 Å². The molecule has 0 radical (unpaired) electrons. The summed E-state index contributed by atoms with van der Waals surface area (Å²) >= 11 is 0. The minimum atomic E-state index is -0.0989. The van der Waals surface area contributed by atoms with E-state index in [1.165, 1.54) is 0 Å². The summed E-state index contributed by atoms with van der Waals surface area (Å²) in [6, 6.07) is 11.1. The lowest BCUT2D eigenvalue weighted by atomic mass is 10.2. The van der Waals surface area contributed by atoms with Crippen molar-refractivity contribution in [2.24, 2.45) is 0 Å². The number of hydrogen-bond donors (Lipinski definition) is 0. The summed E-state index contributed by atoms with van der Waals surface area (Å²) in [5.74, 6) is 0.748. The van der Waals surface area contributed by atoms with Gasteiger partial charge in [-0.3, -0.25) is 4.79 Å². The van der Waals surface area contributed by atoms with Crippen molar-refractivity contribution < 1.29 is 4.74 Å². The topological polar surface area (TPSA) is 55.0 Å². The van der Waals surface area contributed by atoms with Crippen molar-refractivity contribution in [1.82, 2.24) is 4.57 Å². The molecule has 4 nitrogen and oxygen atoms in total. The van der Waals surface area contributed by atoms with Crippen molar-refractivity contribution >= 4 is 0 Å². The monoisotopic (exact) mass is 254 g/mol.